The van der Waals surface area contributed by atoms with Crippen LogP contribution in [0.5, 0.6) is 0 Å². The molecule has 0 atom stereocenters. The van der Waals surface area contributed by atoms with Crippen molar-refractivity contribution < 1.29 is 9.53 Å². The summed E-state index contributed by atoms with van der Waals surface area (Å²) in [6.45, 7) is 0.358. The van der Waals surface area contributed by atoms with Gasteiger partial charge in [0.1, 0.15) is 6.61 Å². The standard InChI is InChI=1S/C6H10N2O2/c1-8(2)7-5-3-6(9)10-4-5/h3,7H,4H2,1-2H3. The molecule has 0 aliphatic carbocycles. The molecule has 0 bridgehead atoms. The lowest BCUT2D eigenvalue weighted by Gasteiger charge is -2.12. The number of ether oxygens (including phenoxy) is 1. The fourth-order valence-electron chi connectivity index (χ4n) is 0.726. The third-order valence-electron chi connectivity index (χ3n) is 1.03. The first-order valence-corrected chi connectivity index (χ1v) is 3.00. The highest BCUT2D eigenvalue weighted by Gasteiger charge is 2.11. The van der Waals surface area contributed by atoms with Crippen LogP contribution < -0.4 is 5.43 Å². The summed E-state index contributed by atoms with van der Waals surface area (Å²) in [5.41, 5.74) is 3.72. The van der Waals surface area contributed by atoms with E-state index < -0.39 is 0 Å². The van der Waals surface area contributed by atoms with Gasteiger partial charge in [0.15, 0.2) is 0 Å². The molecule has 0 fully saturated rings. The number of hydrazine groups is 1. The summed E-state index contributed by atoms with van der Waals surface area (Å²) in [5, 5.41) is 1.76. The second kappa shape index (κ2) is 2.70. The molecule has 0 unspecified atom stereocenters. The summed E-state index contributed by atoms with van der Waals surface area (Å²) in [4.78, 5) is 10.5. The lowest BCUT2D eigenvalue weighted by molar-refractivity contribution is -0.135. The van der Waals surface area contributed by atoms with Gasteiger partial charge in [-0.15, -0.1) is 0 Å². The van der Waals surface area contributed by atoms with Crippen molar-refractivity contribution in [2.24, 2.45) is 0 Å². The third kappa shape index (κ3) is 1.73. The van der Waals surface area contributed by atoms with Gasteiger partial charge in [-0.2, -0.15) is 0 Å². The molecule has 1 aliphatic rings. The molecule has 1 rings (SSSR count). The predicted molar refractivity (Wildman–Crippen MR) is 35.9 cm³/mol. The lowest BCUT2D eigenvalue weighted by Crippen LogP contribution is -2.30. The van der Waals surface area contributed by atoms with Crippen LogP contribution in [0.3, 0.4) is 0 Å². The van der Waals surface area contributed by atoms with Crippen LogP contribution in [0, 0.1) is 0 Å². The van der Waals surface area contributed by atoms with Crippen molar-refractivity contribution in [2.45, 2.75) is 0 Å². The van der Waals surface area contributed by atoms with Gasteiger partial charge in [-0.05, 0) is 0 Å². The van der Waals surface area contributed by atoms with Crippen LogP contribution in [-0.2, 0) is 9.53 Å². The molecule has 0 saturated heterocycles. The van der Waals surface area contributed by atoms with Crippen molar-refractivity contribution in [3.8, 4) is 0 Å². The second-order valence-electron chi connectivity index (χ2n) is 2.28. The Morgan fingerprint density at radius 1 is 1.70 bits per heavy atom. The van der Waals surface area contributed by atoms with Gasteiger partial charge in [-0.25, -0.2) is 9.80 Å². The summed E-state index contributed by atoms with van der Waals surface area (Å²) < 4.78 is 4.65. The number of nitrogens with zero attached hydrogens (tertiary/aromatic N) is 1. The van der Waals surface area contributed by atoms with E-state index in [0.717, 1.165) is 5.70 Å². The van der Waals surface area contributed by atoms with E-state index in [1.807, 2.05) is 14.1 Å². The summed E-state index contributed by atoms with van der Waals surface area (Å²) in [7, 11) is 3.70. The Labute approximate surface area is 59.4 Å². The van der Waals surface area contributed by atoms with E-state index in [1.165, 1.54) is 6.08 Å². The Hall–Kier alpha value is -1.03. The van der Waals surface area contributed by atoms with Gasteiger partial charge in [-0.3, -0.25) is 0 Å². The number of nitrogens with one attached hydrogen (secondary N) is 1. The molecule has 0 spiro atoms. The molecular weight excluding hydrogens is 132 g/mol. The molecule has 4 heteroatoms. The number of cyclic esters (lactones) is 1. The predicted octanol–water partition coefficient (Wildman–Crippen LogP) is -0.507. The maximum atomic E-state index is 10.5. The number of carbonyl (C=O) groups is 1. The Kier molecular flexibility index (Phi) is 1.91. The SMILES string of the molecule is CN(C)NC1=CC(=O)OC1. The lowest BCUT2D eigenvalue weighted by atomic mass is 10.5. The molecule has 0 aromatic carbocycles. The molecule has 10 heavy (non-hydrogen) atoms. The molecule has 0 radical (unpaired) electrons. The molecule has 1 heterocycles. The highest BCUT2D eigenvalue weighted by Crippen LogP contribution is 2.01. The van der Waals surface area contributed by atoms with Gasteiger partial charge < -0.3 is 10.2 Å². The van der Waals surface area contributed by atoms with Crippen molar-refractivity contribution in [2.75, 3.05) is 20.7 Å². The third-order valence-corrected chi connectivity index (χ3v) is 1.03. The molecule has 0 amide bonds. The summed E-state index contributed by atoms with van der Waals surface area (Å²) in [6.07, 6.45) is 1.44. The molecule has 0 saturated carbocycles. The molecule has 1 aliphatic heterocycles. The van der Waals surface area contributed by atoms with E-state index in [1.54, 1.807) is 5.01 Å². The van der Waals surface area contributed by atoms with Crippen LogP contribution in [-0.4, -0.2) is 31.7 Å². The minimum Gasteiger partial charge on any atom is -0.456 e. The summed E-state index contributed by atoms with van der Waals surface area (Å²) >= 11 is 0. The van der Waals surface area contributed by atoms with Gasteiger partial charge in [0, 0.05) is 20.2 Å². The Morgan fingerprint density at radius 2 is 2.40 bits per heavy atom. The fourth-order valence-corrected chi connectivity index (χ4v) is 0.726. The zero-order valence-corrected chi connectivity index (χ0v) is 6.05. The van der Waals surface area contributed by atoms with Crippen molar-refractivity contribution in [1.29, 1.82) is 0 Å². The highest BCUT2D eigenvalue weighted by molar-refractivity contribution is 5.84. The van der Waals surface area contributed by atoms with Crippen LogP contribution in [0.15, 0.2) is 11.8 Å². The van der Waals surface area contributed by atoms with E-state index >= 15 is 0 Å². The largest absolute Gasteiger partial charge is 0.456 e. The summed E-state index contributed by atoms with van der Waals surface area (Å²) in [6, 6.07) is 0. The number of rotatable bonds is 2. The quantitative estimate of drug-likeness (QED) is 0.416. The monoisotopic (exact) mass is 142 g/mol. The van der Waals surface area contributed by atoms with Crippen LogP contribution in [0.2, 0.25) is 0 Å². The van der Waals surface area contributed by atoms with Crippen molar-refractivity contribution >= 4 is 5.97 Å². The minimum atomic E-state index is -0.274. The molecule has 1 N–H and O–H groups in total. The first kappa shape index (κ1) is 7.08. The van der Waals surface area contributed by atoms with Gasteiger partial charge >= 0.3 is 5.97 Å². The van der Waals surface area contributed by atoms with Crippen LogP contribution in [0.4, 0.5) is 0 Å². The Bertz CT molecular complexity index is 175. The van der Waals surface area contributed by atoms with Gasteiger partial charge in [0.2, 0.25) is 0 Å². The van der Waals surface area contributed by atoms with Gasteiger partial charge in [0.25, 0.3) is 0 Å². The molecule has 0 aromatic heterocycles. The number of hydrogen-bond donors (Lipinski definition) is 1. The van der Waals surface area contributed by atoms with E-state index in [-0.39, 0.29) is 5.97 Å². The molecule has 4 nitrogen and oxygen atoms in total. The average Bonchev–Trinajstić information content (AvgIpc) is 2.13. The highest BCUT2D eigenvalue weighted by atomic mass is 16.5. The first-order valence-electron chi connectivity index (χ1n) is 3.00. The molecular formula is C6H10N2O2. The maximum absolute atomic E-state index is 10.5. The van der Waals surface area contributed by atoms with Crippen LogP contribution >= 0.6 is 0 Å². The van der Waals surface area contributed by atoms with Crippen molar-refractivity contribution in [3.05, 3.63) is 11.8 Å². The Morgan fingerprint density at radius 3 is 2.80 bits per heavy atom. The van der Waals surface area contributed by atoms with Crippen molar-refractivity contribution in [3.63, 3.8) is 0 Å². The number of esters is 1. The zero-order valence-electron chi connectivity index (χ0n) is 6.05. The Balaban J connectivity index is 2.43. The van der Waals surface area contributed by atoms with Crippen LogP contribution in [0.1, 0.15) is 0 Å². The van der Waals surface area contributed by atoms with E-state index in [2.05, 4.69) is 10.2 Å². The topological polar surface area (TPSA) is 41.6 Å². The summed E-state index contributed by atoms with van der Waals surface area (Å²) in [5.74, 6) is -0.274. The average molecular weight is 142 g/mol. The minimum absolute atomic E-state index is 0.274. The zero-order chi connectivity index (χ0) is 7.56. The van der Waals surface area contributed by atoms with Crippen molar-refractivity contribution in [1.82, 2.24) is 10.4 Å². The van der Waals surface area contributed by atoms with Gasteiger partial charge in [0.05, 0.1) is 5.70 Å². The normalized spacial score (nSPS) is 17.1. The molecule has 56 valence electrons. The second-order valence-corrected chi connectivity index (χ2v) is 2.28. The maximum Gasteiger partial charge on any atom is 0.333 e. The fraction of sp³-hybridized carbons (Fsp3) is 0.500. The van der Waals surface area contributed by atoms with E-state index in [4.69, 9.17) is 0 Å². The molecule has 0 aromatic rings. The number of carbonyl (C=O) groups excluding carboxylic acids is 1. The van der Waals surface area contributed by atoms with Gasteiger partial charge in [-0.1, -0.05) is 0 Å². The van der Waals surface area contributed by atoms with E-state index in [0.29, 0.717) is 6.61 Å². The smallest absolute Gasteiger partial charge is 0.333 e. The van der Waals surface area contributed by atoms with E-state index in [9.17, 15) is 4.79 Å². The first-order chi connectivity index (χ1) is 4.68. The number of hydrogen-bond acceptors (Lipinski definition) is 4. The van der Waals surface area contributed by atoms with Crippen LogP contribution in [0.25, 0.3) is 0 Å².